The van der Waals surface area contributed by atoms with E-state index in [1.165, 1.54) is 48.9 Å². The van der Waals surface area contributed by atoms with E-state index < -0.39 is 11.2 Å². The molecule has 6 nitrogen and oxygen atoms in total. The van der Waals surface area contributed by atoms with Crippen LogP contribution in [0, 0.1) is 5.92 Å². The van der Waals surface area contributed by atoms with E-state index in [0.29, 0.717) is 6.54 Å². The van der Waals surface area contributed by atoms with Gasteiger partial charge in [-0.1, -0.05) is 25.7 Å². The van der Waals surface area contributed by atoms with Crippen molar-refractivity contribution in [1.82, 2.24) is 14.9 Å². The number of aromatic nitrogens is 2. The number of aromatic amines is 1. The molecule has 6 heteroatoms. The van der Waals surface area contributed by atoms with E-state index in [0.717, 1.165) is 12.3 Å². The third-order valence-corrected chi connectivity index (χ3v) is 3.80. The summed E-state index contributed by atoms with van der Waals surface area (Å²) in [5.74, 6) is 0.624. The fourth-order valence-corrected chi connectivity index (χ4v) is 2.70. The Balaban J connectivity index is 1.69. The molecular formula is C14H21N3O3. The maximum atomic E-state index is 11.7. The zero-order valence-electron chi connectivity index (χ0n) is 11.6. The van der Waals surface area contributed by atoms with Crippen LogP contribution in [0.1, 0.15) is 38.5 Å². The predicted octanol–water partition coefficient (Wildman–Crippen LogP) is 0.623. The molecule has 1 aromatic rings. The molecule has 110 valence electrons. The van der Waals surface area contributed by atoms with Crippen molar-refractivity contribution >= 4 is 5.91 Å². The number of nitrogens with one attached hydrogen (secondary N) is 2. The summed E-state index contributed by atoms with van der Waals surface area (Å²) < 4.78 is 1.19. The van der Waals surface area contributed by atoms with E-state index in [2.05, 4.69) is 10.3 Å². The van der Waals surface area contributed by atoms with Crippen molar-refractivity contribution in [2.24, 2.45) is 5.92 Å². The van der Waals surface area contributed by atoms with Crippen molar-refractivity contribution in [3.8, 4) is 0 Å². The number of carbonyl (C=O) groups is 1. The quantitative estimate of drug-likeness (QED) is 0.749. The summed E-state index contributed by atoms with van der Waals surface area (Å²) in [5, 5.41) is 2.81. The molecule has 0 atom stereocenters. The van der Waals surface area contributed by atoms with Gasteiger partial charge in [0.15, 0.2) is 0 Å². The van der Waals surface area contributed by atoms with Gasteiger partial charge >= 0.3 is 5.69 Å². The van der Waals surface area contributed by atoms with E-state index in [4.69, 9.17) is 0 Å². The summed E-state index contributed by atoms with van der Waals surface area (Å²) >= 11 is 0. The predicted molar refractivity (Wildman–Crippen MR) is 75.5 cm³/mol. The van der Waals surface area contributed by atoms with Gasteiger partial charge < -0.3 is 5.32 Å². The average Bonchev–Trinajstić information content (AvgIpc) is 2.91. The Morgan fingerprint density at radius 3 is 2.80 bits per heavy atom. The summed E-state index contributed by atoms with van der Waals surface area (Å²) in [6, 6.07) is 1.23. The summed E-state index contributed by atoms with van der Waals surface area (Å²) in [4.78, 5) is 36.1. The van der Waals surface area contributed by atoms with Crippen LogP contribution in [-0.2, 0) is 11.3 Å². The summed E-state index contributed by atoms with van der Waals surface area (Å²) in [7, 11) is 0. The highest BCUT2D eigenvalue weighted by Gasteiger charge is 2.14. The van der Waals surface area contributed by atoms with Crippen LogP contribution < -0.4 is 16.6 Å². The van der Waals surface area contributed by atoms with Crippen LogP contribution in [0.25, 0.3) is 0 Å². The summed E-state index contributed by atoms with van der Waals surface area (Å²) in [5.41, 5.74) is -1.01. The molecule has 1 aliphatic rings. The molecule has 1 heterocycles. The number of H-pyrrole nitrogens is 1. The molecule has 1 fully saturated rings. The highest BCUT2D eigenvalue weighted by molar-refractivity contribution is 5.75. The molecule has 1 aromatic heterocycles. The Bertz CT molecular complexity index is 555. The fourth-order valence-electron chi connectivity index (χ4n) is 2.70. The van der Waals surface area contributed by atoms with E-state index >= 15 is 0 Å². The second-order valence-electron chi connectivity index (χ2n) is 5.38. The lowest BCUT2D eigenvalue weighted by atomic mass is 10.0. The van der Waals surface area contributed by atoms with E-state index in [1.807, 2.05) is 0 Å². The minimum Gasteiger partial charge on any atom is -0.355 e. The minimum atomic E-state index is -0.557. The second-order valence-corrected chi connectivity index (χ2v) is 5.38. The number of hydrogen-bond donors (Lipinski definition) is 2. The van der Waals surface area contributed by atoms with Crippen LogP contribution in [0.3, 0.4) is 0 Å². The molecule has 2 rings (SSSR count). The maximum Gasteiger partial charge on any atom is 0.328 e. The molecule has 0 radical (unpaired) electrons. The number of hydrogen-bond acceptors (Lipinski definition) is 3. The SMILES string of the molecule is O=C(Cn1ccc(=O)[nH]c1=O)NCCCC1CCCC1. The number of nitrogens with zero attached hydrogens (tertiary/aromatic N) is 1. The van der Waals surface area contributed by atoms with Crippen LogP contribution in [0.15, 0.2) is 21.9 Å². The molecule has 0 saturated heterocycles. The maximum absolute atomic E-state index is 11.7. The number of amides is 1. The standard InChI is InChI=1S/C14H21N3O3/c18-12-7-9-17(14(20)16-12)10-13(19)15-8-3-6-11-4-1-2-5-11/h7,9,11H,1-6,8,10H2,(H,15,19)(H,16,18,20). The van der Waals surface area contributed by atoms with E-state index in [-0.39, 0.29) is 12.5 Å². The Morgan fingerprint density at radius 2 is 2.10 bits per heavy atom. The molecule has 20 heavy (non-hydrogen) atoms. The van der Waals surface area contributed by atoms with Crippen molar-refractivity contribution < 1.29 is 4.79 Å². The highest BCUT2D eigenvalue weighted by atomic mass is 16.2. The smallest absolute Gasteiger partial charge is 0.328 e. The lowest BCUT2D eigenvalue weighted by Gasteiger charge is -2.09. The van der Waals surface area contributed by atoms with Gasteiger partial charge in [0.25, 0.3) is 5.56 Å². The van der Waals surface area contributed by atoms with Gasteiger partial charge in [0.2, 0.25) is 5.91 Å². The van der Waals surface area contributed by atoms with Crippen LogP contribution in [0.2, 0.25) is 0 Å². The molecule has 0 aromatic carbocycles. The number of rotatable bonds is 6. The lowest BCUT2D eigenvalue weighted by Crippen LogP contribution is -2.35. The molecule has 2 N–H and O–H groups in total. The van der Waals surface area contributed by atoms with Gasteiger partial charge in [-0.05, 0) is 18.8 Å². The first-order valence-electron chi connectivity index (χ1n) is 7.21. The van der Waals surface area contributed by atoms with E-state index in [9.17, 15) is 14.4 Å². The summed E-state index contributed by atoms with van der Waals surface area (Å²) in [6.45, 7) is 0.590. The van der Waals surface area contributed by atoms with Crippen molar-refractivity contribution in [3.63, 3.8) is 0 Å². The Labute approximate surface area is 117 Å². The van der Waals surface area contributed by atoms with Gasteiger partial charge in [-0.3, -0.25) is 19.1 Å². The first-order chi connectivity index (χ1) is 9.65. The molecule has 0 spiro atoms. The van der Waals surface area contributed by atoms with Crippen molar-refractivity contribution in [2.75, 3.05) is 6.54 Å². The molecule has 0 bridgehead atoms. The molecular weight excluding hydrogens is 258 g/mol. The van der Waals surface area contributed by atoms with Crippen LogP contribution in [0.4, 0.5) is 0 Å². The first-order valence-corrected chi connectivity index (χ1v) is 7.21. The van der Waals surface area contributed by atoms with E-state index in [1.54, 1.807) is 0 Å². The molecule has 0 aliphatic heterocycles. The van der Waals surface area contributed by atoms with Crippen molar-refractivity contribution in [2.45, 2.75) is 45.1 Å². The third kappa shape index (κ3) is 4.36. The second kappa shape index (κ2) is 7.07. The normalized spacial score (nSPS) is 15.4. The van der Waals surface area contributed by atoms with Crippen LogP contribution in [0.5, 0.6) is 0 Å². The topological polar surface area (TPSA) is 84.0 Å². The van der Waals surface area contributed by atoms with Gasteiger partial charge in [0.05, 0.1) is 0 Å². The number of carbonyl (C=O) groups excluding carboxylic acids is 1. The van der Waals surface area contributed by atoms with Gasteiger partial charge in [0.1, 0.15) is 6.54 Å². The van der Waals surface area contributed by atoms with Crippen LogP contribution >= 0.6 is 0 Å². The van der Waals surface area contributed by atoms with Gasteiger partial charge in [-0.25, -0.2) is 4.79 Å². The van der Waals surface area contributed by atoms with Gasteiger partial charge in [-0.15, -0.1) is 0 Å². The van der Waals surface area contributed by atoms with Gasteiger partial charge in [-0.2, -0.15) is 0 Å². The molecule has 1 aliphatic carbocycles. The highest BCUT2D eigenvalue weighted by Crippen LogP contribution is 2.28. The molecule has 0 unspecified atom stereocenters. The largest absolute Gasteiger partial charge is 0.355 e. The minimum absolute atomic E-state index is 0.0565. The monoisotopic (exact) mass is 279 g/mol. The van der Waals surface area contributed by atoms with Gasteiger partial charge in [0, 0.05) is 18.8 Å². The summed E-state index contributed by atoms with van der Waals surface area (Å²) in [6.07, 6.45) is 8.80. The first kappa shape index (κ1) is 14.6. The Morgan fingerprint density at radius 1 is 1.35 bits per heavy atom. The van der Waals surface area contributed by atoms with Crippen molar-refractivity contribution in [3.05, 3.63) is 33.1 Å². The Hall–Kier alpha value is -1.85. The Kier molecular flexibility index (Phi) is 5.15. The third-order valence-electron chi connectivity index (χ3n) is 3.80. The fraction of sp³-hybridized carbons (Fsp3) is 0.643. The molecule has 1 saturated carbocycles. The van der Waals surface area contributed by atoms with Crippen molar-refractivity contribution in [1.29, 1.82) is 0 Å². The average molecular weight is 279 g/mol. The lowest BCUT2D eigenvalue weighted by molar-refractivity contribution is -0.121. The zero-order chi connectivity index (χ0) is 14.4. The zero-order valence-corrected chi connectivity index (χ0v) is 11.6. The van der Waals surface area contributed by atoms with Crippen LogP contribution in [-0.4, -0.2) is 22.0 Å². The molecule has 1 amide bonds.